The maximum atomic E-state index is 12.1. The molecule has 0 spiro atoms. The number of amides is 1. The third-order valence-corrected chi connectivity index (χ3v) is 5.34. The highest BCUT2D eigenvalue weighted by Gasteiger charge is 2.36. The zero-order valence-corrected chi connectivity index (χ0v) is 13.2. The average Bonchev–Trinajstić information content (AvgIpc) is 2.94. The van der Waals surface area contributed by atoms with Crippen molar-refractivity contribution in [2.45, 2.75) is 56.9 Å². The van der Waals surface area contributed by atoms with E-state index in [0.717, 1.165) is 32.0 Å². The van der Waals surface area contributed by atoms with Crippen LogP contribution in [0.15, 0.2) is 0 Å². The number of carbonyl (C=O) groups is 1. The molecule has 0 atom stereocenters. The van der Waals surface area contributed by atoms with Crippen molar-refractivity contribution in [2.75, 3.05) is 33.7 Å². The molecule has 116 valence electrons. The van der Waals surface area contributed by atoms with E-state index in [2.05, 4.69) is 29.6 Å². The number of nitrogens with one attached hydrogen (secondary N) is 2. The molecule has 4 nitrogen and oxygen atoms in total. The molecule has 0 aromatic carbocycles. The number of nitrogens with zero attached hydrogens (tertiary/aromatic N) is 1. The lowest BCUT2D eigenvalue weighted by Crippen LogP contribution is -2.50. The first-order chi connectivity index (χ1) is 9.62. The normalized spacial score (nSPS) is 23.1. The Balaban J connectivity index is 1.68. The number of rotatable bonds is 6. The van der Waals surface area contributed by atoms with Gasteiger partial charge in [0.15, 0.2) is 0 Å². The summed E-state index contributed by atoms with van der Waals surface area (Å²) in [7, 11) is 4.29. The van der Waals surface area contributed by atoms with Gasteiger partial charge in [-0.25, -0.2) is 0 Å². The number of piperidine rings is 1. The lowest BCUT2D eigenvalue weighted by Gasteiger charge is -2.36. The number of likely N-dealkylation sites (N-methyl/N-ethyl adjacent to an activating group) is 1. The summed E-state index contributed by atoms with van der Waals surface area (Å²) >= 11 is 0. The third kappa shape index (κ3) is 4.19. The van der Waals surface area contributed by atoms with Gasteiger partial charge in [-0.2, -0.15) is 0 Å². The monoisotopic (exact) mass is 281 g/mol. The van der Waals surface area contributed by atoms with Crippen molar-refractivity contribution in [3.05, 3.63) is 0 Å². The van der Waals surface area contributed by atoms with Crippen molar-refractivity contribution in [1.29, 1.82) is 0 Å². The third-order valence-electron chi connectivity index (χ3n) is 5.34. The largest absolute Gasteiger partial charge is 0.354 e. The summed E-state index contributed by atoms with van der Waals surface area (Å²) < 4.78 is 0. The lowest BCUT2D eigenvalue weighted by atomic mass is 9.92. The van der Waals surface area contributed by atoms with Crippen LogP contribution in [-0.4, -0.2) is 50.1 Å². The molecule has 1 heterocycles. The second-order valence-corrected chi connectivity index (χ2v) is 6.83. The molecule has 20 heavy (non-hydrogen) atoms. The van der Waals surface area contributed by atoms with Crippen LogP contribution in [0.3, 0.4) is 0 Å². The van der Waals surface area contributed by atoms with Crippen molar-refractivity contribution in [2.24, 2.45) is 5.92 Å². The summed E-state index contributed by atoms with van der Waals surface area (Å²) in [5, 5.41) is 6.57. The second kappa shape index (κ2) is 7.41. The zero-order chi connectivity index (χ0) is 14.4. The summed E-state index contributed by atoms with van der Waals surface area (Å²) in [6.45, 7) is 3.07. The van der Waals surface area contributed by atoms with Crippen LogP contribution in [0, 0.1) is 5.92 Å². The van der Waals surface area contributed by atoms with Gasteiger partial charge < -0.3 is 15.5 Å². The Morgan fingerprint density at radius 2 is 1.90 bits per heavy atom. The van der Waals surface area contributed by atoms with Crippen molar-refractivity contribution in [3.8, 4) is 0 Å². The average molecular weight is 281 g/mol. The predicted molar refractivity (Wildman–Crippen MR) is 82.7 cm³/mol. The van der Waals surface area contributed by atoms with Gasteiger partial charge in [0.2, 0.25) is 5.91 Å². The number of hydrogen-bond acceptors (Lipinski definition) is 3. The molecular formula is C16H31N3O. The van der Waals surface area contributed by atoms with Crippen LogP contribution in [0.5, 0.6) is 0 Å². The molecule has 2 N–H and O–H groups in total. The van der Waals surface area contributed by atoms with Gasteiger partial charge in [0, 0.05) is 18.5 Å². The maximum Gasteiger partial charge on any atom is 0.220 e. The van der Waals surface area contributed by atoms with E-state index in [1.54, 1.807) is 0 Å². The zero-order valence-electron chi connectivity index (χ0n) is 13.2. The van der Waals surface area contributed by atoms with Gasteiger partial charge in [0.1, 0.15) is 0 Å². The first-order valence-corrected chi connectivity index (χ1v) is 8.27. The summed E-state index contributed by atoms with van der Waals surface area (Å²) in [5.74, 6) is 0.993. The van der Waals surface area contributed by atoms with Crippen LogP contribution in [0.2, 0.25) is 0 Å². The van der Waals surface area contributed by atoms with Crippen molar-refractivity contribution in [3.63, 3.8) is 0 Å². The van der Waals surface area contributed by atoms with Crippen LogP contribution in [-0.2, 0) is 4.79 Å². The number of hydrogen-bond donors (Lipinski definition) is 2. The van der Waals surface area contributed by atoms with Crippen LogP contribution in [0.4, 0.5) is 0 Å². The van der Waals surface area contributed by atoms with Crippen LogP contribution >= 0.6 is 0 Å². The highest BCUT2D eigenvalue weighted by molar-refractivity contribution is 5.75. The predicted octanol–water partition coefficient (Wildman–Crippen LogP) is 1.76. The van der Waals surface area contributed by atoms with E-state index in [0.29, 0.717) is 6.42 Å². The molecule has 4 heteroatoms. The first-order valence-electron chi connectivity index (χ1n) is 8.27. The Hall–Kier alpha value is -0.610. The van der Waals surface area contributed by atoms with E-state index < -0.39 is 0 Å². The highest BCUT2D eigenvalue weighted by atomic mass is 16.1. The van der Waals surface area contributed by atoms with Gasteiger partial charge in [0.25, 0.3) is 0 Å². The fourth-order valence-electron chi connectivity index (χ4n) is 3.67. The minimum Gasteiger partial charge on any atom is -0.354 e. The van der Waals surface area contributed by atoms with E-state index >= 15 is 0 Å². The Morgan fingerprint density at radius 1 is 1.25 bits per heavy atom. The Labute approximate surface area is 123 Å². The molecule has 2 rings (SSSR count). The number of carbonyl (C=O) groups excluding carboxylic acids is 1. The van der Waals surface area contributed by atoms with Crippen molar-refractivity contribution >= 4 is 5.91 Å². The molecule has 0 unspecified atom stereocenters. The van der Waals surface area contributed by atoms with Gasteiger partial charge in [-0.15, -0.1) is 0 Å². The molecule has 0 aromatic rings. The summed E-state index contributed by atoms with van der Waals surface area (Å²) in [5.41, 5.74) is 0.213. The summed E-state index contributed by atoms with van der Waals surface area (Å²) in [6, 6.07) is 0. The van der Waals surface area contributed by atoms with Gasteiger partial charge >= 0.3 is 0 Å². The molecule has 1 amide bonds. The lowest BCUT2D eigenvalue weighted by molar-refractivity contribution is -0.122. The Bertz CT molecular complexity index is 305. The Kier molecular flexibility index (Phi) is 5.85. The minimum absolute atomic E-state index is 0.213. The van der Waals surface area contributed by atoms with E-state index in [-0.39, 0.29) is 11.4 Å². The standard InChI is InChI=1S/C16H31N3O/c1-19(2)16(9-3-4-10-16)13-18-15(20)6-5-14-7-11-17-12-8-14/h14,17H,3-13H2,1-2H3,(H,18,20). The molecule has 0 bridgehead atoms. The van der Waals surface area contributed by atoms with E-state index in [4.69, 9.17) is 0 Å². The second-order valence-electron chi connectivity index (χ2n) is 6.83. The van der Waals surface area contributed by atoms with Crippen molar-refractivity contribution < 1.29 is 4.79 Å². The molecular weight excluding hydrogens is 250 g/mol. The molecule has 1 saturated carbocycles. The SMILES string of the molecule is CN(C)C1(CNC(=O)CCC2CCNCC2)CCCC1. The van der Waals surface area contributed by atoms with E-state index in [1.165, 1.54) is 38.5 Å². The fourth-order valence-corrected chi connectivity index (χ4v) is 3.67. The van der Waals surface area contributed by atoms with E-state index in [1.807, 2.05) is 0 Å². The molecule has 0 aromatic heterocycles. The molecule has 2 fully saturated rings. The topological polar surface area (TPSA) is 44.4 Å². The van der Waals surface area contributed by atoms with Gasteiger partial charge in [-0.3, -0.25) is 4.79 Å². The molecule has 0 radical (unpaired) electrons. The highest BCUT2D eigenvalue weighted by Crippen LogP contribution is 2.33. The summed E-state index contributed by atoms with van der Waals surface area (Å²) in [4.78, 5) is 14.4. The van der Waals surface area contributed by atoms with Crippen LogP contribution in [0.25, 0.3) is 0 Å². The van der Waals surface area contributed by atoms with Crippen LogP contribution < -0.4 is 10.6 Å². The minimum atomic E-state index is 0.213. The smallest absolute Gasteiger partial charge is 0.220 e. The maximum absolute atomic E-state index is 12.1. The molecule has 2 aliphatic rings. The first kappa shape index (κ1) is 15.8. The Morgan fingerprint density at radius 3 is 2.50 bits per heavy atom. The van der Waals surface area contributed by atoms with Gasteiger partial charge in [0.05, 0.1) is 0 Å². The quantitative estimate of drug-likeness (QED) is 0.780. The van der Waals surface area contributed by atoms with Gasteiger partial charge in [-0.1, -0.05) is 12.8 Å². The van der Waals surface area contributed by atoms with Crippen LogP contribution in [0.1, 0.15) is 51.4 Å². The van der Waals surface area contributed by atoms with Gasteiger partial charge in [-0.05, 0) is 65.2 Å². The molecule has 1 aliphatic carbocycles. The molecule has 1 saturated heterocycles. The fraction of sp³-hybridized carbons (Fsp3) is 0.938. The summed E-state index contributed by atoms with van der Waals surface area (Å²) in [6.07, 6.45) is 9.25. The van der Waals surface area contributed by atoms with Crippen molar-refractivity contribution in [1.82, 2.24) is 15.5 Å². The molecule has 1 aliphatic heterocycles. The van der Waals surface area contributed by atoms with E-state index in [9.17, 15) is 4.79 Å².